The van der Waals surface area contributed by atoms with Gasteiger partial charge in [-0.1, -0.05) is 18.2 Å². The Hall–Kier alpha value is -2.75. The molecular weight excluding hydrogens is 386 g/mol. The highest BCUT2D eigenvalue weighted by molar-refractivity contribution is 7.92. The average Bonchev–Trinajstić information content (AvgIpc) is 2.62. The monoisotopic (exact) mass is 403 g/mol. The molecule has 0 amide bonds. The highest BCUT2D eigenvalue weighted by atomic mass is 32.2. The van der Waals surface area contributed by atoms with Gasteiger partial charge in [0.15, 0.2) is 0 Å². The zero-order valence-corrected chi connectivity index (χ0v) is 15.7. The maximum absolute atomic E-state index is 12.5. The fourth-order valence-electron chi connectivity index (χ4n) is 2.45. The molecule has 27 heavy (non-hydrogen) atoms. The molecule has 0 unspecified atom stereocenters. The number of pyridine rings is 1. The molecule has 3 rings (SSSR count). The number of hydrogen-bond acceptors (Lipinski definition) is 5. The van der Waals surface area contributed by atoms with E-state index in [1.165, 1.54) is 36.4 Å². The summed E-state index contributed by atoms with van der Waals surface area (Å²) >= 11 is 0. The van der Waals surface area contributed by atoms with Crippen LogP contribution in [-0.2, 0) is 26.5 Å². The van der Waals surface area contributed by atoms with Crippen molar-refractivity contribution in [3.63, 3.8) is 0 Å². The van der Waals surface area contributed by atoms with E-state index in [2.05, 4.69) is 9.71 Å². The summed E-state index contributed by atoms with van der Waals surface area (Å²) in [6.07, 6.45) is 4.11. The molecule has 0 aliphatic carbocycles. The smallest absolute Gasteiger partial charge is 0.261 e. The Kier molecular flexibility index (Phi) is 5.26. The van der Waals surface area contributed by atoms with Gasteiger partial charge >= 0.3 is 0 Å². The minimum absolute atomic E-state index is 0.0924. The first-order chi connectivity index (χ1) is 12.7. The Morgan fingerprint density at radius 3 is 2.00 bits per heavy atom. The molecule has 1 heterocycles. The number of sulfonamides is 2. The Labute approximate surface area is 158 Å². The molecule has 140 valence electrons. The zero-order valence-electron chi connectivity index (χ0n) is 14.1. The van der Waals surface area contributed by atoms with Crippen molar-refractivity contribution in [2.75, 3.05) is 4.72 Å². The summed E-state index contributed by atoms with van der Waals surface area (Å²) in [5, 5.41) is 5.02. The number of nitrogens with two attached hydrogens (primary N) is 1. The third-order valence-electron chi connectivity index (χ3n) is 3.80. The Morgan fingerprint density at radius 1 is 0.815 bits per heavy atom. The van der Waals surface area contributed by atoms with Crippen LogP contribution >= 0.6 is 0 Å². The highest BCUT2D eigenvalue weighted by Gasteiger charge is 2.15. The normalized spacial score (nSPS) is 11.9. The average molecular weight is 403 g/mol. The van der Waals surface area contributed by atoms with Gasteiger partial charge in [0.2, 0.25) is 10.0 Å². The molecule has 9 heteroatoms. The predicted molar refractivity (Wildman–Crippen MR) is 102 cm³/mol. The lowest BCUT2D eigenvalue weighted by atomic mass is 10.1. The van der Waals surface area contributed by atoms with Gasteiger partial charge in [-0.3, -0.25) is 9.71 Å². The standard InChI is InChI=1S/C18H17N3O4S2/c19-26(22,23)17-9-5-16(6-10-17)21-27(24,25)18-7-3-14(4-8-18)12-15-2-1-11-20-13-15/h1-11,13,21H,12H2,(H2,19,22,23). The summed E-state index contributed by atoms with van der Waals surface area (Å²) in [5.41, 5.74) is 2.22. The quantitative estimate of drug-likeness (QED) is 0.653. The van der Waals surface area contributed by atoms with Crippen molar-refractivity contribution in [2.24, 2.45) is 5.14 Å². The summed E-state index contributed by atoms with van der Waals surface area (Å²) in [6, 6.07) is 15.5. The number of rotatable bonds is 6. The van der Waals surface area contributed by atoms with Crippen LogP contribution in [0.25, 0.3) is 0 Å². The number of primary sulfonamides is 1. The van der Waals surface area contributed by atoms with Crippen LogP contribution < -0.4 is 9.86 Å². The molecule has 0 bridgehead atoms. The lowest BCUT2D eigenvalue weighted by Gasteiger charge is -2.09. The molecule has 0 aliphatic rings. The first kappa shape index (κ1) is 19.0. The van der Waals surface area contributed by atoms with Gasteiger partial charge < -0.3 is 0 Å². The maximum atomic E-state index is 12.5. The van der Waals surface area contributed by atoms with Crippen molar-refractivity contribution < 1.29 is 16.8 Å². The van der Waals surface area contributed by atoms with Crippen molar-refractivity contribution in [1.82, 2.24) is 4.98 Å². The van der Waals surface area contributed by atoms with E-state index in [-0.39, 0.29) is 15.5 Å². The summed E-state index contributed by atoms with van der Waals surface area (Å²) in [4.78, 5) is 4.07. The first-order valence-corrected chi connectivity index (χ1v) is 10.9. The van der Waals surface area contributed by atoms with Crippen LogP contribution in [0.4, 0.5) is 5.69 Å². The lowest BCUT2D eigenvalue weighted by molar-refractivity contribution is 0.597. The molecule has 0 fully saturated rings. The fraction of sp³-hybridized carbons (Fsp3) is 0.0556. The van der Waals surface area contributed by atoms with Gasteiger partial charge in [-0.05, 0) is 60.0 Å². The van der Waals surface area contributed by atoms with Crippen molar-refractivity contribution in [3.8, 4) is 0 Å². The lowest BCUT2D eigenvalue weighted by Crippen LogP contribution is -2.14. The van der Waals surface area contributed by atoms with E-state index in [4.69, 9.17) is 5.14 Å². The second kappa shape index (κ2) is 7.47. The molecule has 0 saturated heterocycles. The number of benzene rings is 2. The van der Waals surface area contributed by atoms with E-state index >= 15 is 0 Å². The van der Waals surface area contributed by atoms with Crippen LogP contribution in [-0.4, -0.2) is 21.8 Å². The van der Waals surface area contributed by atoms with Gasteiger partial charge in [-0.25, -0.2) is 22.0 Å². The molecule has 0 spiro atoms. The molecule has 7 nitrogen and oxygen atoms in total. The zero-order chi connectivity index (χ0) is 19.5. The second-order valence-electron chi connectivity index (χ2n) is 5.86. The first-order valence-electron chi connectivity index (χ1n) is 7.87. The number of hydrogen-bond donors (Lipinski definition) is 2. The van der Waals surface area contributed by atoms with Crippen LogP contribution in [0.5, 0.6) is 0 Å². The maximum Gasteiger partial charge on any atom is 0.261 e. The van der Waals surface area contributed by atoms with E-state index in [0.717, 1.165) is 11.1 Å². The van der Waals surface area contributed by atoms with Crippen molar-refractivity contribution >= 4 is 25.7 Å². The van der Waals surface area contributed by atoms with Gasteiger partial charge in [0.05, 0.1) is 9.79 Å². The SMILES string of the molecule is NS(=O)(=O)c1ccc(NS(=O)(=O)c2ccc(Cc3cccnc3)cc2)cc1. The van der Waals surface area contributed by atoms with Gasteiger partial charge in [0.1, 0.15) is 0 Å². The summed E-state index contributed by atoms with van der Waals surface area (Å²) in [6.45, 7) is 0. The molecule has 3 N–H and O–H groups in total. The van der Waals surface area contributed by atoms with Gasteiger partial charge in [0.25, 0.3) is 10.0 Å². The van der Waals surface area contributed by atoms with Crippen LogP contribution in [0.2, 0.25) is 0 Å². The Morgan fingerprint density at radius 2 is 1.44 bits per heavy atom. The molecule has 1 aromatic heterocycles. The molecule has 0 atom stereocenters. The van der Waals surface area contributed by atoms with Crippen LogP contribution in [0.15, 0.2) is 82.8 Å². The molecule has 0 saturated carbocycles. The molecule has 0 radical (unpaired) electrons. The molecule has 2 aromatic carbocycles. The van der Waals surface area contributed by atoms with E-state index in [1.54, 1.807) is 24.5 Å². The van der Waals surface area contributed by atoms with Crippen molar-refractivity contribution in [1.29, 1.82) is 0 Å². The second-order valence-corrected chi connectivity index (χ2v) is 9.10. The van der Waals surface area contributed by atoms with Gasteiger partial charge in [-0.2, -0.15) is 0 Å². The molecule has 3 aromatic rings. The van der Waals surface area contributed by atoms with Gasteiger partial charge in [-0.15, -0.1) is 0 Å². The van der Waals surface area contributed by atoms with Crippen molar-refractivity contribution in [2.45, 2.75) is 16.2 Å². The number of nitrogens with one attached hydrogen (secondary N) is 1. The topological polar surface area (TPSA) is 119 Å². The number of anilines is 1. The Balaban J connectivity index is 1.75. The Bertz CT molecular complexity index is 1130. The number of nitrogens with zero attached hydrogens (tertiary/aromatic N) is 1. The van der Waals surface area contributed by atoms with Crippen molar-refractivity contribution in [3.05, 3.63) is 84.2 Å². The van der Waals surface area contributed by atoms with E-state index in [9.17, 15) is 16.8 Å². The molecular formula is C18H17N3O4S2. The van der Waals surface area contributed by atoms with Crippen LogP contribution in [0.3, 0.4) is 0 Å². The van der Waals surface area contributed by atoms with Gasteiger partial charge in [0, 0.05) is 18.1 Å². The van der Waals surface area contributed by atoms with E-state index < -0.39 is 20.0 Å². The third kappa shape index (κ3) is 4.91. The highest BCUT2D eigenvalue weighted by Crippen LogP contribution is 2.19. The largest absolute Gasteiger partial charge is 0.280 e. The molecule has 0 aliphatic heterocycles. The summed E-state index contributed by atoms with van der Waals surface area (Å²) in [5.74, 6) is 0. The van der Waals surface area contributed by atoms with E-state index in [1.807, 2.05) is 12.1 Å². The van der Waals surface area contributed by atoms with E-state index in [0.29, 0.717) is 6.42 Å². The summed E-state index contributed by atoms with van der Waals surface area (Å²) in [7, 11) is -7.62. The minimum Gasteiger partial charge on any atom is -0.280 e. The number of aromatic nitrogens is 1. The minimum atomic E-state index is -3.83. The van der Waals surface area contributed by atoms with Crippen LogP contribution in [0.1, 0.15) is 11.1 Å². The fourth-order valence-corrected chi connectivity index (χ4v) is 4.03. The third-order valence-corrected chi connectivity index (χ3v) is 6.13. The summed E-state index contributed by atoms with van der Waals surface area (Å²) < 4.78 is 49.9. The van der Waals surface area contributed by atoms with Crippen LogP contribution in [0, 0.1) is 0 Å². The predicted octanol–water partition coefficient (Wildman–Crippen LogP) is 2.12.